The molecule has 0 spiro atoms. The maximum absolute atomic E-state index is 3.55. The van der Waals surface area contributed by atoms with E-state index < -0.39 is 0 Å². The van der Waals surface area contributed by atoms with Crippen LogP contribution >= 0.6 is 0 Å². The molecule has 2 N–H and O–H groups in total. The van der Waals surface area contributed by atoms with Gasteiger partial charge in [-0.3, -0.25) is 0 Å². The topological polar surface area (TPSA) is 24.1 Å². The lowest BCUT2D eigenvalue weighted by Crippen LogP contribution is -2.32. The van der Waals surface area contributed by atoms with Gasteiger partial charge in [-0.1, -0.05) is 17.7 Å². The molecule has 1 aliphatic carbocycles. The summed E-state index contributed by atoms with van der Waals surface area (Å²) in [6.07, 6.45) is 5.36. The number of aryl methyl sites for hydroxylation is 1. The fourth-order valence-corrected chi connectivity index (χ4v) is 2.59. The zero-order valence-corrected chi connectivity index (χ0v) is 11.0. The van der Waals surface area contributed by atoms with E-state index in [1.54, 1.807) is 0 Å². The Morgan fingerprint density at radius 2 is 1.71 bits per heavy atom. The maximum Gasteiger partial charge on any atom is 0.0340 e. The minimum absolute atomic E-state index is 0.755. The maximum atomic E-state index is 3.55. The molecule has 17 heavy (non-hydrogen) atoms. The first-order chi connectivity index (χ1) is 8.28. The molecule has 0 aliphatic heterocycles. The van der Waals surface area contributed by atoms with Crippen molar-refractivity contribution in [2.75, 3.05) is 18.9 Å². The normalized spacial score (nSPS) is 24.6. The molecule has 2 nitrogen and oxygen atoms in total. The average Bonchev–Trinajstić information content (AvgIpc) is 2.39. The summed E-state index contributed by atoms with van der Waals surface area (Å²) < 4.78 is 0. The Bertz CT molecular complexity index is 323. The van der Waals surface area contributed by atoms with Gasteiger partial charge < -0.3 is 10.6 Å². The summed E-state index contributed by atoms with van der Waals surface area (Å²) >= 11 is 0. The van der Waals surface area contributed by atoms with Crippen LogP contribution in [0.25, 0.3) is 0 Å². The smallest absolute Gasteiger partial charge is 0.0340 e. The monoisotopic (exact) mass is 232 g/mol. The fourth-order valence-electron chi connectivity index (χ4n) is 2.59. The summed E-state index contributed by atoms with van der Waals surface area (Å²) in [5.41, 5.74) is 2.58. The second-order valence-corrected chi connectivity index (χ2v) is 5.25. The van der Waals surface area contributed by atoms with E-state index >= 15 is 0 Å². The van der Waals surface area contributed by atoms with Gasteiger partial charge in [-0.2, -0.15) is 0 Å². The molecular weight excluding hydrogens is 208 g/mol. The quantitative estimate of drug-likeness (QED) is 0.833. The Labute approximate surface area is 105 Å². The summed E-state index contributed by atoms with van der Waals surface area (Å²) in [5.74, 6) is 0.848. The number of hydrogen-bond acceptors (Lipinski definition) is 2. The summed E-state index contributed by atoms with van der Waals surface area (Å²) in [6.45, 7) is 3.25. The molecule has 0 atom stereocenters. The predicted octanol–water partition coefficient (Wildman–Crippen LogP) is 3.19. The van der Waals surface area contributed by atoms with Crippen LogP contribution in [0.5, 0.6) is 0 Å². The van der Waals surface area contributed by atoms with Crippen molar-refractivity contribution in [1.82, 2.24) is 5.32 Å². The highest BCUT2D eigenvalue weighted by atomic mass is 14.9. The molecule has 0 aromatic heterocycles. The molecule has 94 valence electrons. The first-order valence-electron chi connectivity index (χ1n) is 6.75. The third kappa shape index (κ3) is 3.74. The zero-order valence-electron chi connectivity index (χ0n) is 11.0. The van der Waals surface area contributed by atoms with Gasteiger partial charge in [-0.05, 0) is 57.7 Å². The highest BCUT2D eigenvalue weighted by molar-refractivity contribution is 5.44. The SMILES string of the molecule is CNC1CCC(CNc2ccc(C)cc2)CC1. The van der Waals surface area contributed by atoms with E-state index in [4.69, 9.17) is 0 Å². The highest BCUT2D eigenvalue weighted by Gasteiger charge is 2.19. The van der Waals surface area contributed by atoms with Gasteiger partial charge in [0.05, 0.1) is 0 Å². The third-order valence-corrected chi connectivity index (χ3v) is 3.90. The van der Waals surface area contributed by atoms with E-state index in [-0.39, 0.29) is 0 Å². The van der Waals surface area contributed by atoms with Crippen LogP contribution in [0.2, 0.25) is 0 Å². The van der Waals surface area contributed by atoms with Gasteiger partial charge in [0.2, 0.25) is 0 Å². The molecule has 0 heterocycles. The van der Waals surface area contributed by atoms with Crippen LogP contribution < -0.4 is 10.6 Å². The molecular formula is C15H24N2. The van der Waals surface area contributed by atoms with E-state index in [1.807, 2.05) is 0 Å². The van der Waals surface area contributed by atoms with Crippen LogP contribution in [0, 0.1) is 12.8 Å². The molecule has 1 aliphatic rings. The summed E-state index contributed by atoms with van der Waals surface area (Å²) in [4.78, 5) is 0. The van der Waals surface area contributed by atoms with Crippen LogP contribution in [-0.2, 0) is 0 Å². The highest BCUT2D eigenvalue weighted by Crippen LogP contribution is 2.24. The van der Waals surface area contributed by atoms with Crippen molar-refractivity contribution in [3.8, 4) is 0 Å². The predicted molar refractivity (Wildman–Crippen MR) is 74.5 cm³/mol. The fraction of sp³-hybridized carbons (Fsp3) is 0.600. The molecule has 1 aromatic rings. The largest absolute Gasteiger partial charge is 0.385 e. The lowest BCUT2D eigenvalue weighted by molar-refractivity contribution is 0.312. The van der Waals surface area contributed by atoms with E-state index in [1.165, 1.54) is 36.9 Å². The minimum atomic E-state index is 0.755. The van der Waals surface area contributed by atoms with E-state index in [9.17, 15) is 0 Å². The minimum Gasteiger partial charge on any atom is -0.385 e. The number of anilines is 1. The molecule has 2 heteroatoms. The van der Waals surface area contributed by atoms with Crippen LogP contribution in [-0.4, -0.2) is 19.6 Å². The summed E-state index contributed by atoms with van der Waals surface area (Å²) in [5, 5.41) is 6.94. The van der Waals surface area contributed by atoms with Crippen molar-refractivity contribution < 1.29 is 0 Å². The number of rotatable bonds is 4. The average molecular weight is 232 g/mol. The molecule has 0 radical (unpaired) electrons. The molecule has 1 aromatic carbocycles. The lowest BCUT2D eigenvalue weighted by atomic mass is 9.86. The van der Waals surface area contributed by atoms with Gasteiger partial charge in [0.25, 0.3) is 0 Å². The first kappa shape index (κ1) is 12.4. The van der Waals surface area contributed by atoms with Gasteiger partial charge in [-0.15, -0.1) is 0 Å². The number of benzene rings is 1. The van der Waals surface area contributed by atoms with Crippen LogP contribution in [0.15, 0.2) is 24.3 Å². The molecule has 0 unspecified atom stereocenters. The zero-order chi connectivity index (χ0) is 12.1. The Balaban J connectivity index is 1.74. The van der Waals surface area contributed by atoms with E-state index in [0.717, 1.165) is 18.5 Å². The summed E-state index contributed by atoms with van der Waals surface area (Å²) in [7, 11) is 2.08. The number of nitrogens with one attached hydrogen (secondary N) is 2. The molecule has 1 saturated carbocycles. The third-order valence-electron chi connectivity index (χ3n) is 3.90. The molecule has 0 saturated heterocycles. The van der Waals surface area contributed by atoms with Gasteiger partial charge >= 0.3 is 0 Å². The van der Waals surface area contributed by atoms with Crippen LogP contribution in [0.1, 0.15) is 31.2 Å². The van der Waals surface area contributed by atoms with Gasteiger partial charge in [0, 0.05) is 18.3 Å². The second kappa shape index (κ2) is 6.06. The van der Waals surface area contributed by atoms with Crippen molar-refractivity contribution in [3.05, 3.63) is 29.8 Å². The van der Waals surface area contributed by atoms with E-state index in [2.05, 4.69) is 48.9 Å². The lowest BCUT2D eigenvalue weighted by Gasteiger charge is -2.28. The van der Waals surface area contributed by atoms with E-state index in [0.29, 0.717) is 0 Å². The summed E-state index contributed by atoms with van der Waals surface area (Å²) in [6, 6.07) is 9.44. The van der Waals surface area contributed by atoms with Crippen molar-refractivity contribution in [3.63, 3.8) is 0 Å². The van der Waals surface area contributed by atoms with Crippen LogP contribution in [0.4, 0.5) is 5.69 Å². The van der Waals surface area contributed by atoms with Gasteiger partial charge in [-0.25, -0.2) is 0 Å². The first-order valence-corrected chi connectivity index (χ1v) is 6.75. The van der Waals surface area contributed by atoms with Crippen molar-refractivity contribution in [1.29, 1.82) is 0 Å². The van der Waals surface area contributed by atoms with Crippen molar-refractivity contribution in [2.24, 2.45) is 5.92 Å². The number of hydrogen-bond donors (Lipinski definition) is 2. The Morgan fingerprint density at radius 1 is 1.06 bits per heavy atom. The standard InChI is InChI=1S/C15H24N2/c1-12-3-7-15(8-4-12)17-11-13-5-9-14(16-2)10-6-13/h3-4,7-8,13-14,16-17H,5-6,9-11H2,1-2H3. The molecule has 1 fully saturated rings. The van der Waals surface area contributed by atoms with Gasteiger partial charge in [0.15, 0.2) is 0 Å². The second-order valence-electron chi connectivity index (χ2n) is 5.25. The Hall–Kier alpha value is -1.02. The molecule has 2 rings (SSSR count). The van der Waals surface area contributed by atoms with Crippen LogP contribution in [0.3, 0.4) is 0 Å². The molecule has 0 bridgehead atoms. The van der Waals surface area contributed by atoms with Crippen molar-refractivity contribution in [2.45, 2.75) is 38.6 Å². The Morgan fingerprint density at radius 3 is 2.29 bits per heavy atom. The van der Waals surface area contributed by atoms with Gasteiger partial charge in [0.1, 0.15) is 0 Å². The van der Waals surface area contributed by atoms with Crippen molar-refractivity contribution >= 4 is 5.69 Å². The Kier molecular flexibility index (Phi) is 4.43. The molecule has 0 amide bonds.